The number of imidazole rings is 1. The summed E-state index contributed by atoms with van der Waals surface area (Å²) in [7, 11) is 0. The van der Waals surface area contributed by atoms with E-state index in [9.17, 15) is 33.9 Å². The first kappa shape index (κ1) is 28.0. The number of aromatic amines is 1. The van der Waals surface area contributed by atoms with Crippen LogP contribution >= 0.6 is 0 Å². The van der Waals surface area contributed by atoms with E-state index in [2.05, 4.69) is 25.9 Å². The van der Waals surface area contributed by atoms with Crippen LogP contribution in [0.2, 0.25) is 0 Å². The van der Waals surface area contributed by atoms with Crippen molar-refractivity contribution in [3.8, 4) is 0 Å². The number of primary amides is 1. The van der Waals surface area contributed by atoms with Crippen molar-refractivity contribution in [3.05, 3.63) is 18.2 Å². The molecule has 1 aromatic rings. The highest BCUT2D eigenvalue weighted by Crippen LogP contribution is 2.03. The van der Waals surface area contributed by atoms with Crippen molar-refractivity contribution in [2.45, 2.75) is 63.2 Å². The summed E-state index contributed by atoms with van der Waals surface area (Å²) < 4.78 is 0. The molecule has 188 valence electrons. The number of carboxylic acid groups (broad SMARTS) is 2. The zero-order valence-corrected chi connectivity index (χ0v) is 18.4. The van der Waals surface area contributed by atoms with Crippen molar-refractivity contribution in [1.29, 1.82) is 0 Å². The van der Waals surface area contributed by atoms with Crippen LogP contribution < -0.4 is 27.4 Å². The Morgan fingerprint density at radius 1 is 0.971 bits per heavy atom. The van der Waals surface area contributed by atoms with E-state index in [1.165, 1.54) is 19.4 Å². The molecule has 0 bridgehead atoms. The number of H-pyrrole nitrogens is 1. The molecule has 0 aliphatic carbocycles. The lowest BCUT2D eigenvalue weighted by atomic mass is 10.1. The highest BCUT2D eigenvalue weighted by molar-refractivity contribution is 5.94. The van der Waals surface area contributed by atoms with E-state index in [4.69, 9.17) is 16.6 Å². The van der Waals surface area contributed by atoms with Crippen LogP contribution in [-0.2, 0) is 35.2 Å². The molecule has 0 aliphatic rings. The van der Waals surface area contributed by atoms with E-state index in [1.54, 1.807) is 0 Å². The van der Waals surface area contributed by atoms with Crippen LogP contribution in [0.3, 0.4) is 0 Å². The normalized spacial score (nSPS) is 14.2. The molecule has 1 heterocycles. The molecule has 4 unspecified atom stereocenters. The lowest BCUT2D eigenvalue weighted by Gasteiger charge is -2.23. The van der Waals surface area contributed by atoms with Crippen molar-refractivity contribution < 1.29 is 39.0 Å². The fourth-order valence-corrected chi connectivity index (χ4v) is 2.74. The molecule has 0 radical (unpaired) electrons. The van der Waals surface area contributed by atoms with E-state index in [1.807, 2.05) is 0 Å². The number of nitrogens with two attached hydrogens (primary N) is 2. The zero-order chi connectivity index (χ0) is 25.8. The van der Waals surface area contributed by atoms with Gasteiger partial charge in [0.1, 0.15) is 18.1 Å². The third kappa shape index (κ3) is 10.1. The minimum atomic E-state index is -1.35. The maximum Gasteiger partial charge on any atom is 0.326 e. The third-order valence-corrected chi connectivity index (χ3v) is 4.66. The topological polar surface area (TPSA) is 260 Å². The number of nitrogens with zero attached hydrogens (tertiary/aromatic N) is 1. The summed E-state index contributed by atoms with van der Waals surface area (Å²) in [6.07, 6.45) is 1.65. The molecule has 0 fully saturated rings. The number of rotatable bonds is 15. The summed E-state index contributed by atoms with van der Waals surface area (Å²) in [5.74, 6) is -5.71. The van der Waals surface area contributed by atoms with Crippen LogP contribution in [0.4, 0.5) is 0 Å². The Morgan fingerprint density at radius 2 is 1.62 bits per heavy atom. The van der Waals surface area contributed by atoms with Crippen molar-refractivity contribution in [2.24, 2.45) is 11.5 Å². The van der Waals surface area contributed by atoms with Crippen LogP contribution in [-0.4, -0.2) is 79.9 Å². The Bertz CT molecular complexity index is 889. The second kappa shape index (κ2) is 13.5. The van der Waals surface area contributed by atoms with E-state index >= 15 is 0 Å². The van der Waals surface area contributed by atoms with Crippen molar-refractivity contribution in [1.82, 2.24) is 25.9 Å². The third-order valence-electron chi connectivity index (χ3n) is 4.66. The molecule has 4 atom stereocenters. The van der Waals surface area contributed by atoms with Gasteiger partial charge in [-0.25, -0.2) is 9.78 Å². The molecular weight excluding hydrogens is 454 g/mol. The van der Waals surface area contributed by atoms with E-state index in [0.717, 1.165) is 0 Å². The van der Waals surface area contributed by atoms with E-state index < -0.39 is 66.2 Å². The zero-order valence-electron chi connectivity index (χ0n) is 18.4. The molecule has 0 aliphatic heterocycles. The minimum absolute atomic E-state index is 0.0811. The van der Waals surface area contributed by atoms with Gasteiger partial charge in [-0.15, -0.1) is 0 Å². The molecule has 4 amide bonds. The summed E-state index contributed by atoms with van der Waals surface area (Å²) in [6.45, 7) is 1.29. The second-order valence-corrected chi connectivity index (χ2v) is 7.52. The maximum atomic E-state index is 12.6. The predicted molar refractivity (Wildman–Crippen MR) is 115 cm³/mol. The van der Waals surface area contributed by atoms with Gasteiger partial charge in [0.2, 0.25) is 23.6 Å². The van der Waals surface area contributed by atoms with Gasteiger partial charge in [0, 0.05) is 31.2 Å². The first-order valence-electron chi connectivity index (χ1n) is 10.3. The fourth-order valence-electron chi connectivity index (χ4n) is 2.74. The number of aromatic nitrogens is 2. The molecule has 15 heteroatoms. The molecule has 1 rings (SSSR count). The summed E-state index contributed by atoms with van der Waals surface area (Å²) in [5.41, 5.74) is 11.1. The molecule has 15 nitrogen and oxygen atoms in total. The van der Waals surface area contributed by atoms with Gasteiger partial charge in [0.05, 0.1) is 12.4 Å². The SMILES string of the molecule is CC(NC(=O)C(CCC(=O)O)NC(=O)C(N)CCC(N)=O)C(=O)NC(Cc1cnc[nH]1)C(=O)O. The Hall–Kier alpha value is -4.01. The van der Waals surface area contributed by atoms with Crippen LogP contribution in [0.25, 0.3) is 0 Å². The molecule has 0 saturated carbocycles. The molecule has 0 spiro atoms. The monoisotopic (exact) mass is 483 g/mol. The van der Waals surface area contributed by atoms with Gasteiger partial charge in [0.25, 0.3) is 0 Å². The number of hydrogen-bond donors (Lipinski definition) is 8. The van der Waals surface area contributed by atoms with Gasteiger partial charge in [-0.2, -0.15) is 0 Å². The summed E-state index contributed by atoms with van der Waals surface area (Å²) in [4.78, 5) is 77.0. The number of hydrogen-bond acceptors (Lipinski definition) is 8. The average molecular weight is 483 g/mol. The van der Waals surface area contributed by atoms with Crippen LogP contribution in [0, 0.1) is 0 Å². The summed E-state index contributed by atoms with van der Waals surface area (Å²) in [6, 6.07) is -5.05. The van der Waals surface area contributed by atoms with Crippen LogP contribution in [0.5, 0.6) is 0 Å². The highest BCUT2D eigenvalue weighted by atomic mass is 16.4. The molecule has 10 N–H and O–H groups in total. The number of nitrogens with one attached hydrogen (secondary N) is 4. The summed E-state index contributed by atoms with van der Waals surface area (Å²) >= 11 is 0. The number of carbonyl (C=O) groups is 6. The second-order valence-electron chi connectivity index (χ2n) is 7.52. The average Bonchev–Trinajstić information content (AvgIpc) is 3.26. The Balaban J connectivity index is 2.77. The number of carboxylic acids is 2. The molecule has 0 saturated heterocycles. The van der Waals surface area contributed by atoms with Gasteiger partial charge in [-0.3, -0.25) is 24.0 Å². The van der Waals surface area contributed by atoms with Crippen molar-refractivity contribution in [2.75, 3.05) is 0 Å². The highest BCUT2D eigenvalue weighted by Gasteiger charge is 2.29. The number of aliphatic carboxylic acids is 2. The quantitative estimate of drug-likeness (QED) is 0.125. The van der Waals surface area contributed by atoms with Gasteiger partial charge in [0.15, 0.2) is 0 Å². The van der Waals surface area contributed by atoms with Gasteiger partial charge < -0.3 is 42.6 Å². The summed E-state index contributed by atoms with van der Waals surface area (Å²) in [5, 5.41) is 25.2. The molecule has 1 aromatic heterocycles. The number of carbonyl (C=O) groups excluding carboxylic acids is 4. The predicted octanol–water partition coefficient (Wildman–Crippen LogP) is -3.03. The molecule has 34 heavy (non-hydrogen) atoms. The van der Waals surface area contributed by atoms with Crippen LogP contribution in [0.1, 0.15) is 38.3 Å². The first-order valence-corrected chi connectivity index (χ1v) is 10.3. The van der Waals surface area contributed by atoms with Gasteiger partial charge in [-0.05, 0) is 19.8 Å². The Kier molecular flexibility index (Phi) is 11.1. The van der Waals surface area contributed by atoms with Gasteiger partial charge in [-0.1, -0.05) is 0 Å². The Labute approximate surface area is 194 Å². The lowest BCUT2D eigenvalue weighted by molar-refractivity contribution is -0.142. The van der Waals surface area contributed by atoms with Crippen molar-refractivity contribution in [3.63, 3.8) is 0 Å². The Morgan fingerprint density at radius 3 is 2.15 bits per heavy atom. The van der Waals surface area contributed by atoms with Crippen LogP contribution in [0.15, 0.2) is 12.5 Å². The molecular formula is C19H29N7O8. The van der Waals surface area contributed by atoms with E-state index in [0.29, 0.717) is 5.69 Å². The van der Waals surface area contributed by atoms with Crippen molar-refractivity contribution >= 4 is 35.6 Å². The minimum Gasteiger partial charge on any atom is -0.481 e. The standard InChI is InChI=1S/C19H29N7O8/c1-9(16(30)26-13(19(33)34)6-10-7-22-8-23-10)24-18(32)12(3-5-15(28)29)25-17(31)11(20)2-4-14(21)27/h7-9,11-13H,2-6,20H2,1H3,(H2,21,27)(H,22,23)(H,24,32)(H,25,31)(H,26,30)(H,28,29)(H,33,34). The van der Waals surface area contributed by atoms with Gasteiger partial charge >= 0.3 is 11.9 Å². The largest absolute Gasteiger partial charge is 0.481 e. The smallest absolute Gasteiger partial charge is 0.326 e. The molecule has 0 aromatic carbocycles. The van der Waals surface area contributed by atoms with E-state index in [-0.39, 0.29) is 25.7 Å². The lowest BCUT2D eigenvalue weighted by Crippen LogP contribution is -2.56. The fraction of sp³-hybridized carbons (Fsp3) is 0.526. The number of amides is 4. The maximum absolute atomic E-state index is 12.6. The first-order chi connectivity index (χ1) is 15.9.